The van der Waals surface area contributed by atoms with Crippen molar-refractivity contribution in [2.24, 2.45) is 5.92 Å². The van der Waals surface area contributed by atoms with Gasteiger partial charge in [-0.25, -0.2) is 4.79 Å². The van der Waals surface area contributed by atoms with Gasteiger partial charge in [0.15, 0.2) is 5.82 Å². The quantitative estimate of drug-likeness (QED) is 0.731. The number of rotatable bonds is 6. The average molecular weight is 268 g/mol. The molecular formula is C12H20N4O3. The Bertz CT molecular complexity index is 442. The highest BCUT2D eigenvalue weighted by atomic mass is 16.4. The highest BCUT2D eigenvalue weighted by Gasteiger charge is 2.10. The minimum absolute atomic E-state index is 0.0300. The van der Waals surface area contributed by atoms with Crippen molar-refractivity contribution >= 4 is 17.8 Å². The van der Waals surface area contributed by atoms with Crippen LogP contribution in [0.5, 0.6) is 0 Å². The van der Waals surface area contributed by atoms with Crippen LogP contribution in [-0.4, -0.2) is 33.4 Å². The number of aromatic nitrogens is 2. The molecule has 1 unspecified atom stereocenters. The van der Waals surface area contributed by atoms with E-state index in [1.807, 2.05) is 13.8 Å². The molecule has 3 N–H and O–H groups in total. The van der Waals surface area contributed by atoms with Crippen LogP contribution in [0, 0.1) is 5.92 Å². The molecule has 0 spiro atoms. The van der Waals surface area contributed by atoms with Gasteiger partial charge in [-0.3, -0.25) is 14.8 Å². The van der Waals surface area contributed by atoms with Crippen molar-refractivity contribution in [3.05, 3.63) is 12.3 Å². The molecule has 0 aliphatic carbocycles. The summed E-state index contributed by atoms with van der Waals surface area (Å²) in [5, 5.41) is 18.0. The largest absolute Gasteiger partial charge is 0.481 e. The minimum Gasteiger partial charge on any atom is -0.481 e. The van der Waals surface area contributed by atoms with Crippen LogP contribution in [-0.2, 0) is 4.79 Å². The fourth-order valence-electron chi connectivity index (χ4n) is 1.49. The summed E-state index contributed by atoms with van der Waals surface area (Å²) in [6.45, 7) is 6.06. The Balaban J connectivity index is 2.36. The number of carboxylic acid groups (broad SMARTS) is 1. The van der Waals surface area contributed by atoms with Gasteiger partial charge in [-0.2, -0.15) is 5.10 Å². The number of urea groups is 1. The first-order chi connectivity index (χ1) is 8.88. The Labute approximate surface area is 112 Å². The maximum Gasteiger partial charge on any atom is 0.320 e. The lowest BCUT2D eigenvalue weighted by atomic mass is 10.1. The molecular weight excluding hydrogens is 248 g/mol. The first kappa shape index (κ1) is 15.0. The number of carboxylic acids is 1. The molecule has 0 fully saturated rings. The molecule has 1 aromatic rings. The maximum absolute atomic E-state index is 11.6. The average Bonchev–Trinajstić information content (AvgIpc) is 2.74. The van der Waals surface area contributed by atoms with Crippen molar-refractivity contribution in [1.29, 1.82) is 0 Å². The van der Waals surface area contributed by atoms with Crippen molar-refractivity contribution in [2.45, 2.75) is 33.2 Å². The van der Waals surface area contributed by atoms with Crippen LogP contribution < -0.4 is 10.6 Å². The highest BCUT2D eigenvalue weighted by molar-refractivity contribution is 5.88. The number of anilines is 1. The van der Waals surface area contributed by atoms with E-state index < -0.39 is 5.97 Å². The van der Waals surface area contributed by atoms with Gasteiger partial charge in [0.1, 0.15) is 0 Å². The summed E-state index contributed by atoms with van der Waals surface area (Å²) in [6, 6.07) is 1.56. The molecule has 19 heavy (non-hydrogen) atoms. The number of aliphatic carboxylic acids is 1. The molecule has 0 aromatic carbocycles. The van der Waals surface area contributed by atoms with Crippen molar-refractivity contribution < 1.29 is 14.7 Å². The van der Waals surface area contributed by atoms with Gasteiger partial charge in [-0.05, 0) is 19.8 Å². The number of amides is 2. The number of hydrogen-bond donors (Lipinski definition) is 3. The molecule has 7 nitrogen and oxygen atoms in total. The van der Waals surface area contributed by atoms with Crippen molar-refractivity contribution in [1.82, 2.24) is 15.1 Å². The lowest BCUT2D eigenvalue weighted by Gasteiger charge is -2.10. The molecule has 0 saturated carbocycles. The summed E-state index contributed by atoms with van der Waals surface area (Å²) in [6.07, 6.45) is 1.82. The fourth-order valence-corrected chi connectivity index (χ4v) is 1.49. The third-order valence-electron chi connectivity index (χ3n) is 2.51. The van der Waals surface area contributed by atoms with E-state index in [4.69, 9.17) is 5.11 Å². The topological polar surface area (TPSA) is 96.3 Å². The third-order valence-corrected chi connectivity index (χ3v) is 2.51. The zero-order valence-electron chi connectivity index (χ0n) is 11.4. The Morgan fingerprint density at radius 3 is 2.63 bits per heavy atom. The van der Waals surface area contributed by atoms with Crippen LogP contribution in [0.1, 0.15) is 33.2 Å². The molecule has 0 bridgehead atoms. The Kier molecular flexibility index (Phi) is 5.35. The molecule has 2 amide bonds. The summed E-state index contributed by atoms with van der Waals surface area (Å²) in [7, 11) is 0. The van der Waals surface area contributed by atoms with Gasteiger partial charge < -0.3 is 10.4 Å². The number of nitrogens with one attached hydrogen (secondary N) is 2. The van der Waals surface area contributed by atoms with Gasteiger partial charge >= 0.3 is 12.0 Å². The van der Waals surface area contributed by atoms with Gasteiger partial charge in [0.2, 0.25) is 0 Å². The van der Waals surface area contributed by atoms with Crippen molar-refractivity contribution in [3.63, 3.8) is 0 Å². The molecule has 106 valence electrons. The van der Waals surface area contributed by atoms with Gasteiger partial charge in [-0.15, -0.1) is 0 Å². The molecule has 7 heteroatoms. The molecule has 0 saturated heterocycles. The van der Waals surface area contributed by atoms with Crippen LogP contribution in [0.3, 0.4) is 0 Å². The number of carbonyl (C=O) groups is 2. The van der Waals surface area contributed by atoms with Crippen LogP contribution in [0.25, 0.3) is 0 Å². The number of nitrogens with zero attached hydrogens (tertiary/aromatic N) is 2. The predicted octanol–water partition coefficient (Wildman–Crippen LogP) is 1.70. The van der Waals surface area contributed by atoms with Gasteiger partial charge in [0.25, 0.3) is 0 Å². The molecule has 1 atom stereocenters. The summed E-state index contributed by atoms with van der Waals surface area (Å²) in [5.74, 6) is -0.515. The van der Waals surface area contributed by atoms with Crippen LogP contribution in [0.15, 0.2) is 12.3 Å². The van der Waals surface area contributed by atoms with Crippen molar-refractivity contribution in [2.75, 3.05) is 11.9 Å². The first-order valence-electron chi connectivity index (χ1n) is 6.20. The standard InChI is InChI=1S/C12H20N4O3/c1-8(2)16-5-4-10(15-16)14-12(19)13-7-9(3)6-11(17)18/h4-5,8-9H,6-7H2,1-3H3,(H,17,18)(H2,13,14,15,19). The Morgan fingerprint density at radius 1 is 1.42 bits per heavy atom. The van der Waals surface area contributed by atoms with Crippen LogP contribution >= 0.6 is 0 Å². The lowest BCUT2D eigenvalue weighted by Crippen LogP contribution is -2.33. The van der Waals surface area contributed by atoms with E-state index in [0.717, 1.165) is 0 Å². The van der Waals surface area contributed by atoms with E-state index in [-0.39, 0.29) is 24.4 Å². The maximum atomic E-state index is 11.6. The first-order valence-corrected chi connectivity index (χ1v) is 6.20. The van der Waals surface area contributed by atoms with E-state index in [0.29, 0.717) is 12.4 Å². The second-order valence-corrected chi connectivity index (χ2v) is 4.81. The predicted molar refractivity (Wildman–Crippen MR) is 71.1 cm³/mol. The number of hydrogen-bond acceptors (Lipinski definition) is 3. The van der Waals surface area contributed by atoms with Crippen LogP contribution in [0.4, 0.5) is 10.6 Å². The van der Waals surface area contributed by atoms with E-state index >= 15 is 0 Å². The number of carbonyl (C=O) groups excluding carboxylic acids is 1. The van der Waals surface area contributed by atoms with E-state index in [2.05, 4.69) is 15.7 Å². The smallest absolute Gasteiger partial charge is 0.320 e. The van der Waals surface area contributed by atoms with E-state index in [9.17, 15) is 9.59 Å². The summed E-state index contributed by atoms with van der Waals surface area (Å²) in [5.41, 5.74) is 0. The molecule has 0 aliphatic heterocycles. The second-order valence-electron chi connectivity index (χ2n) is 4.81. The van der Waals surface area contributed by atoms with Gasteiger partial charge in [0, 0.05) is 31.3 Å². The minimum atomic E-state index is -0.870. The Morgan fingerprint density at radius 2 is 2.11 bits per heavy atom. The zero-order valence-corrected chi connectivity index (χ0v) is 11.4. The second kappa shape index (κ2) is 6.77. The summed E-state index contributed by atoms with van der Waals surface area (Å²) in [4.78, 5) is 22.0. The fraction of sp³-hybridized carbons (Fsp3) is 0.583. The normalized spacial score (nSPS) is 12.2. The highest BCUT2D eigenvalue weighted by Crippen LogP contribution is 2.08. The lowest BCUT2D eigenvalue weighted by molar-refractivity contribution is -0.137. The van der Waals surface area contributed by atoms with E-state index in [1.165, 1.54) is 0 Å². The monoisotopic (exact) mass is 268 g/mol. The molecule has 0 radical (unpaired) electrons. The molecule has 1 aromatic heterocycles. The SMILES string of the molecule is CC(CNC(=O)Nc1ccn(C(C)C)n1)CC(=O)O. The molecule has 1 heterocycles. The molecule has 1 rings (SSSR count). The van der Waals surface area contributed by atoms with Gasteiger partial charge in [0.05, 0.1) is 0 Å². The molecule has 0 aliphatic rings. The van der Waals surface area contributed by atoms with Crippen molar-refractivity contribution in [3.8, 4) is 0 Å². The zero-order chi connectivity index (χ0) is 14.4. The Hall–Kier alpha value is -2.05. The van der Waals surface area contributed by atoms with Gasteiger partial charge in [-0.1, -0.05) is 6.92 Å². The third kappa shape index (κ3) is 5.41. The van der Waals surface area contributed by atoms with E-state index in [1.54, 1.807) is 23.9 Å². The summed E-state index contributed by atoms with van der Waals surface area (Å²) >= 11 is 0. The van der Waals surface area contributed by atoms with Crippen LogP contribution in [0.2, 0.25) is 0 Å². The summed E-state index contributed by atoms with van der Waals surface area (Å²) < 4.78 is 1.74.